The van der Waals surface area contributed by atoms with Crippen molar-refractivity contribution in [1.29, 1.82) is 0 Å². The first kappa shape index (κ1) is 20.2. The summed E-state index contributed by atoms with van der Waals surface area (Å²) < 4.78 is 52.9. The van der Waals surface area contributed by atoms with E-state index in [9.17, 15) is 22.0 Å². The fourth-order valence-corrected chi connectivity index (χ4v) is 4.97. The SMILES string of the molecule is O=C(CCN1CCN(S(=O)(=O)c2ccc(F)c(F)c2)CC1)N1CCCCC1. The van der Waals surface area contributed by atoms with Crippen LogP contribution in [0.25, 0.3) is 0 Å². The summed E-state index contributed by atoms with van der Waals surface area (Å²) >= 11 is 0. The molecule has 0 bridgehead atoms. The van der Waals surface area contributed by atoms with Gasteiger partial charge in [-0.2, -0.15) is 4.31 Å². The van der Waals surface area contributed by atoms with E-state index in [4.69, 9.17) is 0 Å². The molecule has 1 amide bonds. The maximum absolute atomic E-state index is 13.4. The van der Waals surface area contributed by atoms with Crippen LogP contribution in [0.1, 0.15) is 25.7 Å². The van der Waals surface area contributed by atoms with Crippen LogP contribution < -0.4 is 0 Å². The van der Waals surface area contributed by atoms with Crippen molar-refractivity contribution in [2.24, 2.45) is 0 Å². The zero-order valence-corrected chi connectivity index (χ0v) is 16.1. The lowest BCUT2D eigenvalue weighted by molar-refractivity contribution is -0.132. The van der Waals surface area contributed by atoms with Crippen LogP contribution in [0.3, 0.4) is 0 Å². The minimum Gasteiger partial charge on any atom is -0.343 e. The van der Waals surface area contributed by atoms with Crippen LogP contribution in [0.2, 0.25) is 0 Å². The van der Waals surface area contributed by atoms with Crippen LogP contribution in [0.5, 0.6) is 0 Å². The van der Waals surface area contributed by atoms with E-state index in [2.05, 4.69) is 4.90 Å². The molecule has 3 rings (SSSR count). The van der Waals surface area contributed by atoms with Gasteiger partial charge in [0.15, 0.2) is 11.6 Å². The quantitative estimate of drug-likeness (QED) is 0.753. The topological polar surface area (TPSA) is 60.9 Å². The Morgan fingerprint density at radius 3 is 2.22 bits per heavy atom. The number of amides is 1. The Labute approximate surface area is 158 Å². The molecule has 0 atom stereocenters. The fraction of sp³-hybridized carbons (Fsp3) is 0.611. The molecular weight excluding hydrogens is 376 g/mol. The number of nitrogens with zero attached hydrogens (tertiary/aromatic N) is 3. The van der Waals surface area contributed by atoms with Crippen molar-refractivity contribution >= 4 is 15.9 Å². The second-order valence-electron chi connectivity index (χ2n) is 7.01. The normalized spacial score (nSPS) is 20.0. The van der Waals surface area contributed by atoms with Gasteiger partial charge in [0.2, 0.25) is 15.9 Å². The first-order chi connectivity index (χ1) is 12.9. The lowest BCUT2D eigenvalue weighted by atomic mass is 10.1. The summed E-state index contributed by atoms with van der Waals surface area (Å²) in [7, 11) is -3.85. The minimum absolute atomic E-state index is 0.159. The van der Waals surface area contributed by atoms with E-state index >= 15 is 0 Å². The van der Waals surface area contributed by atoms with Gasteiger partial charge in [0.05, 0.1) is 4.90 Å². The highest BCUT2D eigenvalue weighted by Gasteiger charge is 2.29. The summed E-state index contributed by atoms with van der Waals surface area (Å²) in [4.78, 5) is 16.0. The lowest BCUT2D eigenvalue weighted by Crippen LogP contribution is -2.49. The van der Waals surface area contributed by atoms with E-state index in [0.29, 0.717) is 32.1 Å². The highest BCUT2D eigenvalue weighted by molar-refractivity contribution is 7.89. The predicted octanol–water partition coefficient (Wildman–Crippen LogP) is 1.67. The molecule has 0 radical (unpaired) electrons. The van der Waals surface area contributed by atoms with E-state index in [1.807, 2.05) is 4.90 Å². The predicted molar refractivity (Wildman–Crippen MR) is 96.6 cm³/mol. The largest absolute Gasteiger partial charge is 0.343 e. The number of rotatable bonds is 5. The van der Waals surface area contributed by atoms with Crippen LogP contribution in [-0.2, 0) is 14.8 Å². The van der Waals surface area contributed by atoms with Crippen molar-refractivity contribution in [1.82, 2.24) is 14.1 Å². The molecule has 2 fully saturated rings. The third kappa shape index (κ3) is 4.83. The van der Waals surface area contributed by atoms with Crippen LogP contribution >= 0.6 is 0 Å². The van der Waals surface area contributed by atoms with Crippen molar-refractivity contribution in [2.75, 3.05) is 45.8 Å². The number of likely N-dealkylation sites (tertiary alicyclic amines) is 1. The third-order valence-electron chi connectivity index (χ3n) is 5.21. The van der Waals surface area contributed by atoms with Gasteiger partial charge in [0, 0.05) is 52.2 Å². The first-order valence-electron chi connectivity index (χ1n) is 9.33. The fourth-order valence-electron chi connectivity index (χ4n) is 3.54. The van der Waals surface area contributed by atoms with E-state index in [1.54, 1.807) is 0 Å². The minimum atomic E-state index is -3.85. The van der Waals surface area contributed by atoms with E-state index < -0.39 is 21.7 Å². The molecule has 0 unspecified atom stereocenters. The van der Waals surface area contributed by atoms with Crippen molar-refractivity contribution in [2.45, 2.75) is 30.6 Å². The van der Waals surface area contributed by atoms with Crippen LogP contribution in [0.15, 0.2) is 23.1 Å². The van der Waals surface area contributed by atoms with Gasteiger partial charge in [-0.3, -0.25) is 4.79 Å². The number of hydrogen-bond acceptors (Lipinski definition) is 4. The summed E-state index contributed by atoms with van der Waals surface area (Å²) in [6, 6.07) is 2.62. The average Bonchev–Trinajstić information content (AvgIpc) is 2.69. The molecule has 2 aliphatic heterocycles. The standard InChI is InChI=1S/C18H25F2N3O3S/c19-16-5-4-15(14-17(16)20)27(25,26)23-12-10-21(11-13-23)9-6-18(24)22-7-2-1-3-8-22/h4-5,14H,1-3,6-13H2. The molecule has 0 aromatic heterocycles. The highest BCUT2D eigenvalue weighted by Crippen LogP contribution is 2.20. The van der Waals surface area contributed by atoms with Gasteiger partial charge in [-0.15, -0.1) is 0 Å². The number of piperazine rings is 1. The molecule has 6 nitrogen and oxygen atoms in total. The van der Waals surface area contributed by atoms with Gasteiger partial charge in [-0.05, 0) is 37.5 Å². The van der Waals surface area contributed by atoms with Gasteiger partial charge >= 0.3 is 0 Å². The van der Waals surface area contributed by atoms with E-state index in [1.165, 1.54) is 10.7 Å². The second-order valence-corrected chi connectivity index (χ2v) is 8.95. The summed E-state index contributed by atoms with van der Waals surface area (Å²) in [6.07, 6.45) is 3.74. The molecular formula is C18H25F2N3O3S. The van der Waals surface area contributed by atoms with E-state index in [0.717, 1.165) is 38.1 Å². The Bertz CT molecular complexity index is 774. The number of sulfonamides is 1. The zero-order chi connectivity index (χ0) is 19.4. The number of piperidine rings is 1. The highest BCUT2D eigenvalue weighted by atomic mass is 32.2. The molecule has 2 saturated heterocycles. The van der Waals surface area contributed by atoms with Gasteiger partial charge in [-0.25, -0.2) is 17.2 Å². The lowest BCUT2D eigenvalue weighted by Gasteiger charge is -2.34. The number of hydrogen-bond donors (Lipinski definition) is 0. The van der Waals surface area contributed by atoms with E-state index in [-0.39, 0.29) is 23.9 Å². The Morgan fingerprint density at radius 2 is 1.59 bits per heavy atom. The maximum atomic E-state index is 13.4. The molecule has 1 aromatic rings. The molecule has 0 saturated carbocycles. The van der Waals surface area contributed by atoms with Crippen LogP contribution in [-0.4, -0.2) is 74.2 Å². The Kier molecular flexibility index (Phi) is 6.44. The smallest absolute Gasteiger partial charge is 0.243 e. The summed E-state index contributed by atoms with van der Waals surface area (Å²) in [5, 5.41) is 0. The third-order valence-corrected chi connectivity index (χ3v) is 7.11. The maximum Gasteiger partial charge on any atom is 0.243 e. The van der Waals surface area contributed by atoms with Gasteiger partial charge in [0.25, 0.3) is 0 Å². The van der Waals surface area contributed by atoms with Gasteiger partial charge in [0.1, 0.15) is 0 Å². The van der Waals surface area contributed by atoms with Crippen molar-refractivity contribution in [3.63, 3.8) is 0 Å². The van der Waals surface area contributed by atoms with Crippen molar-refractivity contribution < 1.29 is 22.0 Å². The number of halogens is 2. The number of carbonyl (C=O) groups is 1. The summed E-state index contributed by atoms with van der Waals surface area (Å²) in [5.74, 6) is -2.09. The molecule has 2 aliphatic rings. The number of carbonyl (C=O) groups excluding carboxylic acids is 1. The summed E-state index contributed by atoms with van der Waals surface area (Å²) in [6.45, 7) is 3.82. The molecule has 150 valence electrons. The zero-order valence-electron chi connectivity index (χ0n) is 15.2. The molecule has 9 heteroatoms. The molecule has 0 aliphatic carbocycles. The monoisotopic (exact) mass is 401 g/mol. The summed E-state index contributed by atoms with van der Waals surface area (Å²) in [5.41, 5.74) is 0. The Morgan fingerprint density at radius 1 is 0.926 bits per heavy atom. The van der Waals surface area contributed by atoms with Gasteiger partial charge < -0.3 is 9.80 Å². The number of benzene rings is 1. The second kappa shape index (κ2) is 8.62. The van der Waals surface area contributed by atoms with Gasteiger partial charge in [-0.1, -0.05) is 0 Å². The van der Waals surface area contributed by atoms with Crippen molar-refractivity contribution in [3.05, 3.63) is 29.8 Å². The van der Waals surface area contributed by atoms with Crippen LogP contribution in [0, 0.1) is 11.6 Å². The molecule has 27 heavy (non-hydrogen) atoms. The Balaban J connectivity index is 1.50. The van der Waals surface area contributed by atoms with Crippen LogP contribution in [0.4, 0.5) is 8.78 Å². The first-order valence-corrected chi connectivity index (χ1v) is 10.8. The average molecular weight is 401 g/mol. The Hall–Kier alpha value is -1.58. The molecule has 2 heterocycles. The molecule has 0 spiro atoms. The molecule has 0 N–H and O–H groups in total. The van der Waals surface area contributed by atoms with Crippen molar-refractivity contribution in [3.8, 4) is 0 Å². The molecule has 1 aromatic carbocycles.